The largest absolute Gasteiger partial charge is 0.419 e. The van der Waals surface area contributed by atoms with Crippen LogP contribution in [0.1, 0.15) is 5.56 Å². The summed E-state index contributed by atoms with van der Waals surface area (Å²) in [5, 5.41) is 0. The van der Waals surface area contributed by atoms with Crippen molar-refractivity contribution in [2.75, 3.05) is 0 Å². The molecule has 2 aromatic carbocycles. The fourth-order valence-electron chi connectivity index (χ4n) is 1.99. The number of aromatic amines is 1. The summed E-state index contributed by atoms with van der Waals surface area (Å²) in [6.45, 7) is 0. The van der Waals surface area contributed by atoms with E-state index >= 15 is 0 Å². The van der Waals surface area contributed by atoms with Crippen LogP contribution in [0, 0.1) is 5.82 Å². The van der Waals surface area contributed by atoms with Crippen molar-refractivity contribution in [1.82, 2.24) is 9.97 Å². The maximum atomic E-state index is 13.5. The Bertz CT molecular complexity index is 806. The molecule has 1 aromatic heterocycles. The highest BCUT2D eigenvalue weighted by Gasteiger charge is 2.34. The van der Waals surface area contributed by atoms with Gasteiger partial charge in [-0.25, -0.2) is 9.37 Å². The Morgan fingerprint density at radius 2 is 1.71 bits per heavy atom. The van der Waals surface area contributed by atoms with Gasteiger partial charge in [0, 0.05) is 16.1 Å². The van der Waals surface area contributed by atoms with Gasteiger partial charge in [0.1, 0.15) is 11.6 Å². The lowest BCUT2D eigenvalue weighted by atomic mass is 10.2. The first-order valence-corrected chi connectivity index (χ1v) is 6.66. The van der Waals surface area contributed by atoms with Gasteiger partial charge in [-0.2, -0.15) is 13.2 Å². The standard InChI is InChI=1S/C14H7BrF4N2/c15-8-3-1-7(2-4-8)13-20-11-5-9(14(17,18)19)10(16)6-12(11)21-13/h1-6H,(H,20,21). The monoisotopic (exact) mass is 358 g/mol. The molecular formula is C14H7BrF4N2. The zero-order chi connectivity index (χ0) is 15.2. The average Bonchev–Trinajstić information content (AvgIpc) is 2.80. The van der Waals surface area contributed by atoms with Crippen LogP contribution in [0.3, 0.4) is 0 Å². The van der Waals surface area contributed by atoms with Crippen LogP contribution in [0.5, 0.6) is 0 Å². The van der Waals surface area contributed by atoms with E-state index in [1.165, 1.54) is 0 Å². The third-order valence-electron chi connectivity index (χ3n) is 2.99. The van der Waals surface area contributed by atoms with Crippen LogP contribution in [0.15, 0.2) is 40.9 Å². The van der Waals surface area contributed by atoms with Gasteiger partial charge in [0.15, 0.2) is 0 Å². The van der Waals surface area contributed by atoms with Crippen molar-refractivity contribution in [2.45, 2.75) is 6.18 Å². The second-order valence-corrected chi connectivity index (χ2v) is 5.35. The van der Waals surface area contributed by atoms with Gasteiger partial charge in [0.05, 0.1) is 16.6 Å². The topological polar surface area (TPSA) is 28.7 Å². The van der Waals surface area contributed by atoms with Gasteiger partial charge in [-0.05, 0) is 18.2 Å². The molecule has 0 unspecified atom stereocenters. The van der Waals surface area contributed by atoms with E-state index < -0.39 is 17.6 Å². The maximum absolute atomic E-state index is 13.5. The molecule has 0 amide bonds. The number of rotatable bonds is 1. The molecule has 0 radical (unpaired) electrons. The zero-order valence-corrected chi connectivity index (χ0v) is 11.9. The Hall–Kier alpha value is -1.89. The second-order valence-electron chi connectivity index (χ2n) is 4.44. The third kappa shape index (κ3) is 2.65. The summed E-state index contributed by atoms with van der Waals surface area (Å²) in [4.78, 5) is 6.91. The number of hydrogen-bond acceptors (Lipinski definition) is 1. The van der Waals surface area contributed by atoms with Crippen molar-refractivity contribution >= 4 is 27.0 Å². The molecule has 0 spiro atoms. The molecule has 0 saturated heterocycles. The number of imidazole rings is 1. The Morgan fingerprint density at radius 1 is 1.05 bits per heavy atom. The maximum Gasteiger partial charge on any atom is 0.419 e. The van der Waals surface area contributed by atoms with Crippen molar-refractivity contribution in [3.8, 4) is 11.4 Å². The van der Waals surface area contributed by atoms with Crippen molar-refractivity contribution in [3.05, 3.63) is 52.3 Å². The fraction of sp³-hybridized carbons (Fsp3) is 0.0714. The molecule has 3 aromatic rings. The third-order valence-corrected chi connectivity index (χ3v) is 3.52. The lowest BCUT2D eigenvalue weighted by molar-refractivity contribution is -0.139. The Balaban J connectivity index is 2.14. The molecule has 3 rings (SSSR count). The normalized spacial score (nSPS) is 12.0. The van der Waals surface area contributed by atoms with Crippen LogP contribution in [0.4, 0.5) is 17.6 Å². The van der Waals surface area contributed by atoms with E-state index in [1.54, 1.807) is 24.3 Å². The van der Waals surface area contributed by atoms with E-state index in [0.717, 1.165) is 10.5 Å². The van der Waals surface area contributed by atoms with Crippen LogP contribution < -0.4 is 0 Å². The highest BCUT2D eigenvalue weighted by molar-refractivity contribution is 9.10. The van der Waals surface area contributed by atoms with Crippen LogP contribution in [0.25, 0.3) is 22.4 Å². The van der Waals surface area contributed by atoms with E-state index in [2.05, 4.69) is 25.9 Å². The van der Waals surface area contributed by atoms with Crippen molar-refractivity contribution in [1.29, 1.82) is 0 Å². The van der Waals surface area contributed by atoms with Gasteiger partial charge in [-0.3, -0.25) is 0 Å². The number of H-pyrrole nitrogens is 1. The first kappa shape index (κ1) is 14.1. The molecular weight excluding hydrogens is 352 g/mol. The van der Waals surface area contributed by atoms with Gasteiger partial charge < -0.3 is 4.98 Å². The Morgan fingerprint density at radius 3 is 2.33 bits per heavy atom. The highest BCUT2D eigenvalue weighted by atomic mass is 79.9. The summed E-state index contributed by atoms with van der Waals surface area (Å²) in [5.41, 5.74) is -0.327. The fourth-order valence-corrected chi connectivity index (χ4v) is 2.26. The number of halogens is 5. The summed E-state index contributed by atoms with van der Waals surface area (Å²) in [6, 6.07) is 8.59. The number of nitrogens with zero attached hydrogens (tertiary/aromatic N) is 1. The summed E-state index contributed by atoms with van der Waals surface area (Å²) in [7, 11) is 0. The number of nitrogens with one attached hydrogen (secondary N) is 1. The minimum atomic E-state index is -4.74. The lowest BCUT2D eigenvalue weighted by Crippen LogP contribution is -2.07. The highest BCUT2D eigenvalue weighted by Crippen LogP contribution is 2.34. The quantitative estimate of drug-likeness (QED) is 0.598. The minimum absolute atomic E-state index is 0.0710. The molecule has 7 heteroatoms. The summed E-state index contributed by atoms with van der Waals surface area (Å²) >= 11 is 3.29. The predicted molar refractivity (Wildman–Crippen MR) is 74.2 cm³/mol. The molecule has 0 bridgehead atoms. The van der Waals surface area contributed by atoms with Gasteiger partial charge >= 0.3 is 6.18 Å². The van der Waals surface area contributed by atoms with Gasteiger partial charge in [-0.1, -0.05) is 28.1 Å². The van der Waals surface area contributed by atoms with E-state index in [4.69, 9.17) is 0 Å². The number of alkyl halides is 3. The smallest absolute Gasteiger partial charge is 0.338 e. The van der Waals surface area contributed by atoms with Crippen LogP contribution >= 0.6 is 15.9 Å². The molecule has 0 aliphatic carbocycles. The van der Waals surface area contributed by atoms with Gasteiger partial charge in [-0.15, -0.1) is 0 Å². The first-order chi connectivity index (χ1) is 9.84. The van der Waals surface area contributed by atoms with E-state index in [1.807, 2.05) is 0 Å². The number of aromatic nitrogens is 2. The summed E-state index contributed by atoms with van der Waals surface area (Å²) < 4.78 is 52.4. The number of benzene rings is 2. The van der Waals surface area contributed by atoms with Crippen LogP contribution in [-0.2, 0) is 6.18 Å². The molecule has 21 heavy (non-hydrogen) atoms. The number of hydrogen-bond donors (Lipinski definition) is 1. The van der Waals surface area contributed by atoms with E-state index in [-0.39, 0.29) is 11.0 Å². The molecule has 1 N–H and O–H groups in total. The predicted octanol–water partition coefficient (Wildman–Crippen LogP) is 5.15. The molecule has 0 atom stereocenters. The second kappa shape index (κ2) is 4.84. The van der Waals surface area contributed by atoms with Crippen molar-refractivity contribution in [2.24, 2.45) is 0 Å². The Labute approximate surface area is 124 Å². The molecule has 0 aliphatic rings. The van der Waals surface area contributed by atoms with E-state index in [9.17, 15) is 17.6 Å². The molecule has 2 nitrogen and oxygen atoms in total. The molecule has 108 valence electrons. The first-order valence-electron chi connectivity index (χ1n) is 5.87. The van der Waals surface area contributed by atoms with Gasteiger partial charge in [0.2, 0.25) is 0 Å². The SMILES string of the molecule is Fc1cc2[nH]c(-c3ccc(Br)cc3)nc2cc1C(F)(F)F. The average molecular weight is 359 g/mol. The zero-order valence-electron chi connectivity index (χ0n) is 10.3. The lowest BCUT2D eigenvalue weighted by Gasteiger charge is -2.06. The minimum Gasteiger partial charge on any atom is -0.338 e. The Kier molecular flexibility index (Phi) is 3.24. The summed E-state index contributed by atoms with van der Waals surface area (Å²) in [6.07, 6.45) is -4.74. The molecule has 0 aliphatic heterocycles. The molecule has 0 saturated carbocycles. The number of fused-ring (bicyclic) bond motifs is 1. The van der Waals surface area contributed by atoms with Crippen LogP contribution in [-0.4, -0.2) is 9.97 Å². The van der Waals surface area contributed by atoms with Gasteiger partial charge in [0.25, 0.3) is 0 Å². The van der Waals surface area contributed by atoms with Crippen LogP contribution in [0.2, 0.25) is 0 Å². The van der Waals surface area contributed by atoms with E-state index in [0.29, 0.717) is 17.5 Å². The van der Waals surface area contributed by atoms with Crippen molar-refractivity contribution < 1.29 is 17.6 Å². The molecule has 0 fully saturated rings. The molecule has 1 heterocycles. The summed E-state index contributed by atoms with van der Waals surface area (Å²) in [5.74, 6) is -0.933. The van der Waals surface area contributed by atoms with Crippen molar-refractivity contribution in [3.63, 3.8) is 0 Å².